The fraction of sp³-hybridized carbons (Fsp3) is 0.500. The lowest BCUT2D eigenvalue weighted by atomic mass is 9.86. The molecule has 1 aromatic rings. The number of anilines is 1. The lowest BCUT2D eigenvalue weighted by Crippen LogP contribution is -2.22. The van der Waals surface area contributed by atoms with Crippen LogP contribution in [0.1, 0.15) is 12.8 Å². The van der Waals surface area contributed by atoms with Gasteiger partial charge in [-0.25, -0.2) is 9.97 Å². The molecule has 1 aromatic heterocycles. The number of allylic oxidation sites excluding steroid dienone is 2. The second-order valence-corrected chi connectivity index (χ2v) is 5.01. The molecule has 1 saturated heterocycles. The van der Waals surface area contributed by atoms with Gasteiger partial charge >= 0.3 is 0 Å². The minimum absolute atomic E-state index is 0.599. The zero-order valence-corrected chi connectivity index (χ0v) is 9.77. The Bertz CT molecular complexity index is 385. The lowest BCUT2D eigenvalue weighted by Gasteiger charge is -2.17. The van der Waals surface area contributed by atoms with E-state index < -0.39 is 0 Å². The molecule has 0 radical (unpaired) electrons. The van der Waals surface area contributed by atoms with E-state index in [1.54, 1.807) is 12.4 Å². The highest BCUT2D eigenvalue weighted by atomic mass is 35.5. The first-order chi connectivity index (χ1) is 7.83. The van der Waals surface area contributed by atoms with Crippen LogP contribution < -0.4 is 4.90 Å². The van der Waals surface area contributed by atoms with Crippen LogP contribution in [0.15, 0.2) is 24.5 Å². The van der Waals surface area contributed by atoms with Crippen LogP contribution in [0, 0.1) is 11.8 Å². The Hall–Kier alpha value is -1.09. The van der Waals surface area contributed by atoms with Crippen LogP contribution in [0.25, 0.3) is 0 Å². The fourth-order valence-corrected chi connectivity index (χ4v) is 2.74. The van der Waals surface area contributed by atoms with Gasteiger partial charge in [0.15, 0.2) is 0 Å². The predicted octanol–water partition coefficient (Wildman–Crippen LogP) is 2.53. The lowest BCUT2D eigenvalue weighted by molar-refractivity contribution is 0.411. The number of rotatable bonds is 1. The SMILES string of the molecule is Clc1cnc(N2CC3CC=CCC3C2)nc1. The minimum atomic E-state index is 0.599. The third kappa shape index (κ3) is 1.80. The van der Waals surface area contributed by atoms with Crippen molar-refractivity contribution in [3.63, 3.8) is 0 Å². The van der Waals surface area contributed by atoms with Crippen LogP contribution in [0.5, 0.6) is 0 Å². The van der Waals surface area contributed by atoms with Crippen LogP contribution >= 0.6 is 11.6 Å². The summed E-state index contributed by atoms with van der Waals surface area (Å²) in [5.74, 6) is 2.38. The molecule has 2 heterocycles. The molecule has 0 aromatic carbocycles. The summed E-state index contributed by atoms with van der Waals surface area (Å²) in [5.41, 5.74) is 0. The first-order valence-electron chi connectivity index (χ1n) is 5.70. The summed E-state index contributed by atoms with van der Waals surface area (Å²) in [4.78, 5) is 10.8. The molecule has 1 fully saturated rings. The van der Waals surface area contributed by atoms with Crippen LogP contribution in [0.2, 0.25) is 5.02 Å². The number of hydrogen-bond donors (Lipinski definition) is 0. The molecule has 4 heteroatoms. The van der Waals surface area contributed by atoms with Gasteiger partial charge in [0.05, 0.1) is 17.4 Å². The van der Waals surface area contributed by atoms with Crippen molar-refractivity contribution in [2.24, 2.45) is 11.8 Å². The maximum absolute atomic E-state index is 5.79. The summed E-state index contributed by atoms with van der Waals surface area (Å²) in [6, 6.07) is 0. The number of aromatic nitrogens is 2. The van der Waals surface area contributed by atoms with Crippen molar-refractivity contribution in [1.82, 2.24) is 9.97 Å². The van der Waals surface area contributed by atoms with E-state index in [-0.39, 0.29) is 0 Å². The normalized spacial score (nSPS) is 28.2. The monoisotopic (exact) mass is 235 g/mol. The molecular weight excluding hydrogens is 222 g/mol. The quantitative estimate of drug-likeness (QED) is 0.701. The third-order valence-electron chi connectivity index (χ3n) is 3.51. The van der Waals surface area contributed by atoms with Crippen molar-refractivity contribution < 1.29 is 0 Å². The van der Waals surface area contributed by atoms with E-state index in [0.717, 1.165) is 30.9 Å². The zero-order chi connectivity index (χ0) is 11.0. The molecule has 16 heavy (non-hydrogen) atoms. The van der Waals surface area contributed by atoms with Gasteiger partial charge in [0.25, 0.3) is 0 Å². The topological polar surface area (TPSA) is 29.0 Å². The van der Waals surface area contributed by atoms with E-state index in [1.165, 1.54) is 12.8 Å². The van der Waals surface area contributed by atoms with Gasteiger partial charge in [0.1, 0.15) is 0 Å². The molecule has 0 saturated carbocycles. The Kier molecular flexibility index (Phi) is 2.56. The maximum atomic E-state index is 5.79. The van der Waals surface area contributed by atoms with Crippen molar-refractivity contribution in [2.45, 2.75) is 12.8 Å². The molecule has 0 bridgehead atoms. The van der Waals surface area contributed by atoms with Gasteiger partial charge in [-0.15, -0.1) is 0 Å². The molecule has 2 aliphatic rings. The van der Waals surface area contributed by atoms with E-state index in [4.69, 9.17) is 11.6 Å². The molecule has 2 unspecified atom stereocenters. The van der Waals surface area contributed by atoms with Gasteiger partial charge in [-0.05, 0) is 24.7 Å². The smallest absolute Gasteiger partial charge is 0.225 e. The molecule has 3 rings (SSSR count). The van der Waals surface area contributed by atoms with E-state index in [0.29, 0.717) is 5.02 Å². The molecule has 1 aliphatic heterocycles. The fourth-order valence-electron chi connectivity index (χ4n) is 2.65. The van der Waals surface area contributed by atoms with Crippen molar-refractivity contribution in [2.75, 3.05) is 18.0 Å². The third-order valence-corrected chi connectivity index (χ3v) is 3.71. The van der Waals surface area contributed by atoms with Crippen molar-refractivity contribution >= 4 is 17.5 Å². The average Bonchev–Trinajstić information content (AvgIpc) is 2.73. The number of nitrogens with zero attached hydrogens (tertiary/aromatic N) is 3. The molecule has 1 aliphatic carbocycles. The number of halogens is 1. The number of hydrogen-bond acceptors (Lipinski definition) is 3. The van der Waals surface area contributed by atoms with Gasteiger partial charge in [0, 0.05) is 13.1 Å². The highest BCUT2D eigenvalue weighted by Crippen LogP contribution is 2.34. The summed E-state index contributed by atoms with van der Waals surface area (Å²) in [6.45, 7) is 2.16. The Morgan fingerprint density at radius 2 is 1.62 bits per heavy atom. The molecule has 84 valence electrons. The van der Waals surface area contributed by atoms with Gasteiger partial charge in [-0.1, -0.05) is 23.8 Å². The standard InChI is InChI=1S/C12H14ClN3/c13-11-5-14-12(15-6-11)16-7-9-3-1-2-4-10(9)8-16/h1-2,5-6,9-10H,3-4,7-8H2. The average molecular weight is 236 g/mol. The van der Waals surface area contributed by atoms with Crippen LogP contribution in [0.4, 0.5) is 5.95 Å². The molecule has 2 atom stereocenters. The van der Waals surface area contributed by atoms with Gasteiger partial charge in [-0.2, -0.15) is 0 Å². The largest absolute Gasteiger partial charge is 0.340 e. The van der Waals surface area contributed by atoms with E-state index >= 15 is 0 Å². The summed E-state index contributed by atoms with van der Waals surface area (Å²) in [5, 5.41) is 0.599. The highest BCUT2D eigenvalue weighted by Gasteiger charge is 2.33. The Labute approximate surface area is 100 Å². The molecular formula is C12H14ClN3. The second-order valence-electron chi connectivity index (χ2n) is 4.57. The van der Waals surface area contributed by atoms with Crippen molar-refractivity contribution in [1.29, 1.82) is 0 Å². The molecule has 0 N–H and O–H groups in total. The van der Waals surface area contributed by atoms with Crippen LogP contribution in [-0.2, 0) is 0 Å². The Morgan fingerprint density at radius 1 is 1.06 bits per heavy atom. The highest BCUT2D eigenvalue weighted by molar-refractivity contribution is 6.30. The minimum Gasteiger partial charge on any atom is -0.340 e. The van der Waals surface area contributed by atoms with Crippen molar-refractivity contribution in [3.05, 3.63) is 29.6 Å². The molecule has 0 spiro atoms. The van der Waals surface area contributed by atoms with Gasteiger partial charge in [0.2, 0.25) is 5.95 Å². The summed E-state index contributed by atoms with van der Waals surface area (Å²) >= 11 is 5.79. The van der Waals surface area contributed by atoms with Gasteiger partial charge < -0.3 is 4.90 Å². The Balaban J connectivity index is 1.76. The summed E-state index contributed by atoms with van der Waals surface area (Å²) in [6.07, 6.45) is 10.3. The Morgan fingerprint density at radius 3 is 2.19 bits per heavy atom. The molecule has 3 nitrogen and oxygen atoms in total. The second kappa shape index (κ2) is 4.06. The first-order valence-corrected chi connectivity index (χ1v) is 6.08. The van der Waals surface area contributed by atoms with Crippen molar-refractivity contribution in [3.8, 4) is 0 Å². The molecule has 0 amide bonds. The van der Waals surface area contributed by atoms with E-state index in [2.05, 4.69) is 27.0 Å². The van der Waals surface area contributed by atoms with E-state index in [9.17, 15) is 0 Å². The number of fused-ring (bicyclic) bond motifs is 1. The van der Waals surface area contributed by atoms with Crippen LogP contribution in [0.3, 0.4) is 0 Å². The van der Waals surface area contributed by atoms with Crippen LogP contribution in [-0.4, -0.2) is 23.1 Å². The van der Waals surface area contributed by atoms with E-state index in [1.807, 2.05) is 0 Å². The predicted molar refractivity (Wildman–Crippen MR) is 64.6 cm³/mol. The first kappa shape index (κ1) is 10.1. The zero-order valence-electron chi connectivity index (χ0n) is 9.01. The summed E-state index contributed by atoms with van der Waals surface area (Å²) in [7, 11) is 0. The maximum Gasteiger partial charge on any atom is 0.225 e. The van der Waals surface area contributed by atoms with Gasteiger partial charge in [-0.3, -0.25) is 0 Å². The summed E-state index contributed by atoms with van der Waals surface area (Å²) < 4.78 is 0.